The highest BCUT2D eigenvalue weighted by Crippen LogP contribution is 2.34. The number of carbonyl (C=O) groups excluding carboxylic acids is 1. The van der Waals surface area contributed by atoms with E-state index in [2.05, 4.69) is 55.3 Å². The third-order valence-electron chi connectivity index (χ3n) is 5.95. The van der Waals surface area contributed by atoms with Gasteiger partial charge in [-0.3, -0.25) is 0 Å². The Labute approximate surface area is 216 Å². The second-order valence-electron chi connectivity index (χ2n) is 9.37. The lowest BCUT2D eigenvalue weighted by Gasteiger charge is -2.25. The number of amides is 2. The normalized spacial score (nSPS) is 11.1. The summed E-state index contributed by atoms with van der Waals surface area (Å²) < 4.78 is 0. The maximum atomic E-state index is 13.5. The van der Waals surface area contributed by atoms with Gasteiger partial charge in [0.15, 0.2) is 0 Å². The van der Waals surface area contributed by atoms with Gasteiger partial charge in [-0.25, -0.2) is 9.78 Å². The highest BCUT2D eigenvalue weighted by Gasteiger charge is 2.19. The van der Waals surface area contributed by atoms with E-state index < -0.39 is 0 Å². The summed E-state index contributed by atoms with van der Waals surface area (Å²) in [7, 11) is 0. The van der Waals surface area contributed by atoms with Crippen LogP contribution in [0.15, 0.2) is 40.3 Å². The number of aromatic nitrogens is 1. The van der Waals surface area contributed by atoms with Gasteiger partial charge in [-0.05, 0) is 61.8 Å². The van der Waals surface area contributed by atoms with Crippen LogP contribution in [0.3, 0.4) is 0 Å². The minimum absolute atomic E-state index is 0.0457. The van der Waals surface area contributed by atoms with Gasteiger partial charge >= 0.3 is 6.03 Å². The zero-order valence-corrected chi connectivity index (χ0v) is 23.6. The maximum Gasteiger partial charge on any atom is 0.322 e. The van der Waals surface area contributed by atoms with Crippen molar-refractivity contribution < 1.29 is 4.79 Å². The summed E-state index contributed by atoms with van der Waals surface area (Å²) in [5.41, 5.74) is 4.34. The average Bonchev–Trinajstić information content (AvgIpc) is 2.83. The van der Waals surface area contributed by atoms with Crippen LogP contribution in [-0.4, -0.2) is 35.0 Å². The van der Waals surface area contributed by atoms with Gasteiger partial charge in [-0.1, -0.05) is 70.7 Å². The number of unbranched alkanes of at least 4 members (excludes halogenated alkanes) is 4. The molecule has 0 atom stereocenters. The molecule has 0 bridgehead atoms. The first kappa shape index (κ1) is 28.6. The second kappa shape index (κ2) is 15.4. The lowest BCUT2D eigenvalue weighted by Crippen LogP contribution is -2.35. The molecule has 4 nitrogen and oxygen atoms in total. The molecule has 0 aliphatic carbocycles. The topological polar surface area (TPSA) is 45.2 Å². The average molecular weight is 502 g/mol. The smallest absolute Gasteiger partial charge is 0.320 e. The lowest BCUT2D eigenvalue weighted by atomic mass is 10.0. The molecule has 2 amide bonds. The van der Waals surface area contributed by atoms with Crippen molar-refractivity contribution in [3.63, 3.8) is 0 Å². The van der Waals surface area contributed by atoms with Crippen molar-refractivity contribution in [2.75, 3.05) is 24.4 Å². The fourth-order valence-corrected chi connectivity index (χ4v) is 5.18. The summed E-state index contributed by atoms with van der Waals surface area (Å²) in [6.07, 6.45) is 12.2. The number of hydrogen-bond acceptors (Lipinski definition) is 4. The van der Waals surface area contributed by atoms with Crippen LogP contribution in [0.1, 0.15) is 76.1 Å². The van der Waals surface area contributed by atoms with Gasteiger partial charge in [0.1, 0.15) is 5.03 Å². The number of pyridine rings is 1. The highest BCUT2D eigenvalue weighted by atomic mass is 32.2. The molecule has 0 radical (unpaired) electrons. The van der Waals surface area contributed by atoms with E-state index in [1.54, 1.807) is 23.5 Å². The summed E-state index contributed by atoms with van der Waals surface area (Å²) in [5.74, 6) is 0.709. The first-order chi connectivity index (χ1) is 16.4. The van der Waals surface area contributed by atoms with E-state index in [-0.39, 0.29) is 6.03 Å². The van der Waals surface area contributed by atoms with Crippen LogP contribution in [0.4, 0.5) is 10.5 Å². The van der Waals surface area contributed by atoms with Crippen molar-refractivity contribution >= 4 is 35.2 Å². The zero-order valence-electron chi connectivity index (χ0n) is 21.9. The Balaban J connectivity index is 2.15. The maximum absolute atomic E-state index is 13.5. The molecule has 34 heavy (non-hydrogen) atoms. The largest absolute Gasteiger partial charge is 0.322 e. The molecule has 0 aliphatic heterocycles. The standard InChI is InChI=1S/C28H43N3OS2/c1-7-8-9-10-11-18-31(20-24-16-14-23(15-17-24)13-12-21(2)3)28(32)30-26-25(33-5)19-22(4)29-27(26)34-6/h14-17,19,21H,7-13,18,20H2,1-6H3,(H,30,32). The SMILES string of the molecule is CCCCCCCN(Cc1ccc(CCC(C)C)cc1)C(=O)Nc1c(SC)cc(C)nc1SC. The quantitative estimate of drug-likeness (QED) is 0.208. The number of nitrogens with zero attached hydrogens (tertiary/aromatic N) is 2. The molecule has 1 heterocycles. The van der Waals surface area contributed by atoms with Crippen molar-refractivity contribution in [1.29, 1.82) is 0 Å². The van der Waals surface area contributed by atoms with Gasteiger partial charge in [-0.2, -0.15) is 0 Å². The van der Waals surface area contributed by atoms with E-state index in [9.17, 15) is 4.79 Å². The van der Waals surface area contributed by atoms with Gasteiger partial charge < -0.3 is 10.2 Å². The van der Waals surface area contributed by atoms with Gasteiger partial charge in [0.2, 0.25) is 0 Å². The Hall–Kier alpha value is -1.66. The van der Waals surface area contributed by atoms with E-state index in [1.165, 1.54) is 36.8 Å². The highest BCUT2D eigenvalue weighted by molar-refractivity contribution is 7.99. The summed E-state index contributed by atoms with van der Waals surface area (Å²) in [6.45, 7) is 10.1. The van der Waals surface area contributed by atoms with Crippen molar-refractivity contribution in [1.82, 2.24) is 9.88 Å². The summed E-state index contributed by atoms with van der Waals surface area (Å²) >= 11 is 3.22. The number of thioether (sulfide) groups is 2. The molecular weight excluding hydrogens is 458 g/mol. The van der Waals surface area contributed by atoms with E-state index >= 15 is 0 Å². The van der Waals surface area contributed by atoms with Gasteiger partial charge in [-0.15, -0.1) is 23.5 Å². The summed E-state index contributed by atoms with van der Waals surface area (Å²) in [5, 5.41) is 4.08. The molecule has 1 aromatic carbocycles. The van der Waals surface area contributed by atoms with Crippen molar-refractivity contribution in [3.8, 4) is 0 Å². The van der Waals surface area contributed by atoms with Crippen LogP contribution in [-0.2, 0) is 13.0 Å². The minimum Gasteiger partial charge on any atom is -0.320 e. The van der Waals surface area contributed by atoms with Gasteiger partial charge in [0.25, 0.3) is 0 Å². The third kappa shape index (κ3) is 9.53. The number of aryl methyl sites for hydroxylation is 2. The first-order valence-corrected chi connectivity index (χ1v) is 15.1. The van der Waals surface area contributed by atoms with E-state index in [0.717, 1.165) is 47.1 Å². The van der Waals surface area contributed by atoms with Crippen molar-refractivity contribution in [2.45, 2.75) is 89.1 Å². The molecule has 0 saturated carbocycles. The molecule has 0 unspecified atom stereocenters. The summed E-state index contributed by atoms with van der Waals surface area (Å²) in [4.78, 5) is 21.1. The molecule has 0 saturated heterocycles. The number of urea groups is 1. The number of carbonyl (C=O) groups is 1. The Morgan fingerprint density at radius 1 is 1.03 bits per heavy atom. The van der Waals surface area contributed by atoms with Crippen molar-refractivity contribution in [3.05, 3.63) is 47.2 Å². The molecule has 1 N–H and O–H groups in total. The Morgan fingerprint density at radius 3 is 2.32 bits per heavy atom. The number of nitrogens with one attached hydrogen (secondary N) is 1. The van der Waals surface area contributed by atoms with E-state index in [1.807, 2.05) is 30.4 Å². The van der Waals surface area contributed by atoms with Crippen LogP contribution in [0.25, 0.3) is 0 Å². The lowest BCUT2D eigenvalue weighted by molar-refractivity contribution is 0.207. The number of rotatable bonds is 14. The molecule has 1 aromatic heterocycles. The molecule has 6 heteroatoms. The van der Waals surface area contributed by atoms with Crippen LogP contribution in [0.5, 0.6) is 0 Å². The molecule has 2 rings (SSSR count). The molecule has 2 aromatic rings. The van der Waals surface area contributed by atoms with Crippen LogP contribution < -0.4 is 5.32 Å². The van der Waals surface area contributed by atoms with Crippen LogP contribution >= 0.6 is 23.5 Å². The number of anilines is 1. The Kier molecular flexibility index (Phi) is 12.9. The number of hydrogen-bond donors (Lipinski definition) is 1. The van der Waals surface area contributed by atoms with E-state index in [4.69, 9.17) is 0 Å². The monoisotopic (exact) mass is 501 g/mol. The fraction of sp³-hybridized carbons (Fsp3) is 0.571. The second-order valence-corrected chi connectivity index (χ2v) is 11.0. The summed E-state index contributed by atoms with van der Waals surface area (Å²) in [6, 6.07) is 10.8. The van der Waals surface area contributed by atoms with Crippen LogP contribution in [0.2, 0.25) is 0 Å². The molecule has 0 aliphatic rings. The molecule has 0 spiro atoms. The Morgan fingerprint density at radius 2 is 1.71 bits per heavy atom. The predicted octanol–water partition coefficient (Wildman–Crippen LogP) is 8.43. The Bertz CT molecular complexity index is 859. The molecular formula is C28H43N3OS2. The van der Waals surface area contributed by atoms with Gasteiger partial charge in [0, 0.05) is 23.7 Å². The molecule has 188 valence electrons. The van der Waals surface area contributed by atoms with Crippen molar-refractivity contribution in [2.24, 2.45) is 5.92 Å². The molecule has 0 fully saturated rings. The number of benzene rings is 1. The predicted molar refractivity (Wildman–Crippen MR) is 150 cm³/mol. The fourth-order valence-electron chi connectivity index (χ4n) is 3.87. The third-order valence-corrected chi connectivity index (χ3v) is 7.39. The van der Waals surface area contributed by atoms with Crippen LogP contribution in [0, 0.1) is 12.8 Å². The van der Waals surface area contributed by atoms with E-state index in [0.29, 0.717) is 12.5 Å². The first-order valence-electron chi connectivity index (χ1n) is 12.6. The zero-order chi connectivity index (χ0) is 24.9. The minimum atomic E-state index is -0.0457. The van der Waals surface area contributed by atoms with Gasteiger partial charge in [0.05, 0.1) is 5.69 Å².